The zero-order valence-electron chi connectivity index (χ0n) is 14.3. The van der Waals surface area contributed by atoms with Crippen molar-refractivity contribution in [2.24, 2.45) is 0 Å². The van der Waals surface area contributed by atoms with Crippen molar-refractivity contribution in [2.75, 3.05) is 0 Å². The van der Waals surface area contributed by atoms with E-state index >= 15 is 0 Å². The highest BCUT2D eigenvalue weighted by atomic mass is 35.5. The third kappa shape index (κ3) is 5.15. The molecule has 0 aliphatic carbocycles. The third-order valence-corrected chi connectivity index (χ3v) is 5.17. The number of benzene rings is 2. The molecule has 7 heteroatoms. The Labute approximate surface area is 165 Å². The van der Waals surface area contributed by atoms with Gasteiger partial charge in [-0.2, -0.15) is 0 Å². The van der Waals surface area contributed by atoms with Crippen molar-refractivity contribution in [3.05, 3.63) is 76.3 Å². The Bertz CT molecular complexity index is 943. The van der Waals surface area contributed by atoms with Gasteiger partial charge in [0.15, 0.2) is 0 Å². The average Bonchev–Trinajstić information content (AvgIpc) is 3.10. The summed E-state index contributed by atoms with van der Waals surface area (Å²) in [6.45, 7) is 0. The molecular formula is C20H17ClN2O3S. The number of carboxylic acids is 1. The Morgan fingerprint density at radius 2 is 1.81 bits per heavy atom. The number of aromatic nitrogens is 1. The molecule has 0 spiro atoms. The summed E-state index contributed by atoms with van der Waals surface area (Å²) in [5, 5.41) is 15.1. The number of hydrogen-bond acceptors (Lipinski definition) is 4. The fourth-order valence-electron chi connectivity index (χ4n) is 2.61. The van der Waals surface area contributed by atoms with Gasteiger partial charge in [-0.05, 0) is 11.6 Å². The zero-order chi connectivity index (χ0) is 19.2. The van der Waals surface area contributed by atoms with Crippen LogP contribution >= 0.6 is 22.9 Å². The monoisotopic (exact) mass is 400 g/mol. The molecule has 0 saturated carbocycles. The first-order valence-corrected chi connectivity index (χ1v) is 9.54. The molecule has 2 N–H and O–H groups in total. The van der Waals surface area contributed by atoms with Gasteiger partial charge in [0, 0.05) is 17.4 Å². The Kier molecular flexibility index (Phi) is 6.21. The summed E-state index contributed by atoms with van der Waals surface area (Å²) in [5.74, 6) is -1.45. The Hall–Kier alpha value is -2.70. The number of aliphatic carboxylic acids is 1. The molecule has 1 aromatic heterocycles. The Morgan fingerprint density at radius 3 is 2.52 bits per heavy atom. The normalized spacial score (nSPS) is 11.7. The molecule has 0 bridgehead atoms. The van der Waals surface area contributed by atoms with Gasteiger partial charge in [0.05, 0.1) is 17.1 Å². The molecule has 5 nitrogen and oxygen atoms in total. The van der Waals surface area contributed by atoms with E-state index < -0.39 is 12.0 Å². The van der Waals surface area contributed by atoms with Crippen LogP contribution < -0.4 is 5.32 Å². The van der Waals surface area contributed by atoms with E-state index in [1.54, 1.807) is 11.4 Å². The lowest BCUT2D eigenvalue weighted by atomic mass is 10.1. The number of halogens is 1. The molecular weight excluding hydrogens is 384 g/mol. The van der Waals surface area contributed by atoms with E-state index in [1.165, 1.54) is 11.3 Å². The van der Waals surface area contributed by atoms with E-state index in [4.69, 9.17) is 11.6 Å². The summed E-state index contributed by atoms with van der Waals surface area (Å²) in [6.07, 6.45) is 0.239. The predicted molar refractivity (Wildman–Crippen MR) is 106 cm³/mol. The number of carbonyl (C=O) groups is 2. The maximum atomic E-state index is 12.3. The van der Waals surface area contributed by atoms with Crippen molar-refractivity contribution in [1.82, 2.24) is 10.3 Å². The number of nitrogens with one attached hydrogen (secondary N) is 1. The van der Waals surface area contributed by atoms with Gasteiger partial charge in [0.2, 0.25) is 5.91 Å². The molecule has 1 atom stereocenters. The highest BCUT2D eigenvalue weighted by Gasteiger charge is 2.21. The predicted octanol–water partition coefficient (Wildman–Crippen LogP) is 3.82. The van der Waals surface area contributed by atoms with E-state index in [0.29, 0.717) is 10.7 Å². The Morgan fingerprint density at radius 1 is 1.11 bits per heavy atom. The molecule has 138 valence electrons. The summed E-state index contributed by atoms with van der Waals surface area (Å²) < 4.78 is 0. The topological polar surface area (TPSA) is 79.3 Å². The average molecular weight is 401 g/mol. The van der Waals surface area contributed by atoms with Crippen LogP contribution in [0.15, 0.2) is 60.0 Å². The van der Waals surface area contributed by atoms with Gasteiger partial charge in [0.1, 0.15) is 11.0 Å². The summed E-state index contributed by atoms with van der Waals surface area (Å²) in [6, 6.07) is 15.6. The number of thiazole rings is 1. The van der Waals surface area contributed by atoms with Gasteiger partial charge in [-0.3, -0.25) is 4.79 Å². The molecule has 1 heterocycles. The number of hydrogen-bond donors (Lipinski definition) is 2. The molecule has 1 unspecified atom stereocenters. The summed E-state index contributed by atoms with van der Waals surface area (Å²) in [4.78, 5) is 28.2. The largest absolute Gasteiger partial charge is 0.480 e. The van der Waals surface area contributed by atoms with Crippen molar-refractivity contribution in [1.29, 1.82) is 0 Å². The van der Waals surface area contributed by atoms with Crippen molar-refractivity contribution < 1.29 is 14.7 Å². The van der Waals surface area contributed by atoms with Crippen LogP contribution in [0, 0.1) is 0 Å². The first kappa shape index (κ1) is 19.1. The highest BCUT2D eigenvalue weighted by Crippen LogP contribution is 2.30. The summed E-state index contributed by atoms with van der Waals surface area (Å²) in [7, 11) is 0. The van der Waals surface area contributed by atoms with Gasteiger partial charge >= 0.3 is 5.97 Å². The van der Waals surface area contributed by atoms with Crippen molar-refractivity contribution in [2.45, 2.75) is 18.9 Å². The fraction of sp³-hybridized carbons (Fsp3) is 0.150. The molecule has 0 saturated heterocycles. The van der Waals surface area contributed by atoms with Gasteiger partial charge in [-0.25, -0.2) is 9.78 Å². The van der Waals surface area contributed by atoms with Crippen LogP contribution in [0.1, 0.15) is 11.3 Å². The van der Waals surface area contributed by atoms with Crippen molar-refractivity contribution in [3.63, 3.8) is 0 Å². The molecule has 2 aromatic carbocycles. The lowest BCUT2D eigenvalue weighted by Gasteiger charge is -2.14. The van der Waals surface area contributed by atoms with Crippen molar-refractivity contribution >= 4 is 34.8 Å². The van der Waals surface area contributed by atoms with Gasteiger partial charge < -0.3 is 10.4 Å². The van der Waals surface area contributed by atoms with E-state index in [2.05, 4.69) is 10.3 Å². The number of nitrogens with zero attached hydrogens (tertiary/aromatic N) is 1. The van der Waals surface area contributed by atoms with Gasteiger partial charge in [-0.1, -0.05) is 60.1 Å². The van der Waals surface area contributed by atoms with E-state index in [-0.39, 0.29) is 18.7 Å². The second kappa shape index (κ2) is 8.79. The SMILES string of the molecule is O=C(Cc1csc(-c2ccccc2Cl)n1)NC(Cc1ccccc1)C(=O)O. The number of rotatable bonds is 7. The minimum absolute atomic E-state index is 0.0134. The molecule has 3 aromatic rings. The molecule has 0 radical (unpaired) electrons. The molecule has 27 heavy (non-hydrogen) atoms. The number of carbonyl (C=O) groups excluding carboxylic acids is 1. The smallest absolute Gasteiger partial charge is 0.326 e. The molecule has 1 amide bonds. The molecule has 0 aliphatic heterocycles. The van der Waals surface area contributed by atoms with Crippen molar-refractivity contribution in [3.8, 4) is 10.6 Å². The van der Waals surface area contributed by atoms with Gasteiger partial charge in [0.25, 0.3) is 0 Å². The van der Waals surface area contributed by atoms with Crippen LogP contribution in [0.4, 0.5) is 0 Å². The number of amides is 1. The Balaban J connectivity index is 1.64. The molecule has 0 fully saturated rings. The zero-order valence-corrected chi connectivity index (χ0v) is 15.8. The fourth-order valence-corrected chi connectivity index (χ4v) is 3.75. The summed E-state index contributed by atoms with van der Waals surface area (Å²) >= 11 is 7.57. The lowest BCUT2D eigenvalue weighted by molar-refractivity contribution is -0.141. The quantitative estimate of drug-likeness (QED) is 0.632. The first-order valence-electron chi connectivity index (χ1n) is 8.28. The minimum Gasteiger partial charge on any atom is -0.480 e. The van der Waals surface area contributed by atoms with Crippen LogP contribution in [0.25, 0.3) is 10.6 Å². The second-order valence-corrected chi connectivity index (χ2v) is 7.21. The van der Waals surface area contributed by atoms with E-state index in [0.717, 1.165) is 16.1 Å². The number of carboxylic acid groups (broad SMARTS) is 1. The second-order valence-electron chi connectivity index (χ2n) is 5.95. The van der Waals surface area contributed by atoms with Crippen LogP contribution in [0.3, 0.4) is 0 Å². The maximum Gasteiger partial charge on any atom is 0.326 e. The maximum absolute atomic E-state index is 12.3. The molecule has 3 rings (SSSR count). The standard InChI is InChI=1S/C20H17ClN2O3S/c21-16-9-5-4-8-15(16)19-22-14(12-27-19)11-18(24)23-17(20(25)26)10-13-6-2-1-3-7-13/h1-9,12,17H,10-11H2,(H,23,24)(H,25,26). The van der Waals surface area contributed by atoms with E-state index in [9.17, 15) is 14.7 Å². The van der Waals surface area contributed by atoms with Gasteiger partial charge in [-0.15, -0.1) is 11.3 Å². The first-order chi connectivity index (χ1) is 13.0. The lowest BCUT2D eigenvalue weighted by Crippen LogP contribution is -2.43. The molecule has 0 aliphatic rings. The summed E-state index contributed by atoms with van der Waals surface area (Å²) in [5.41, 5.74) is 2.24. The van der Waals surface area contributed by atoms with Crippen LogP contribution in [-0.2, 0) is 22.4 Å². The van der Waals surface area contributed by atoms with Crippen LogP contribution in [0.2, 0.25) is 5.02 Å². The minimum atomic E-state index is -1.07. The van der Waals surface area contributed by atoms with Crippen LogP contribution in [-0.4, -0.2) is 28.0 Å². The van der Waals surface area contributed by atoms with Crippen LogP contribution in [0.5, 0.6) is 0 Å². The van der Waals surface area contributed by atoms with E-state index in [1.807, 2.05) is 48.5 Å². The highest BCUT2D eigenvalue weighted by molar-refractivity contribution is 7.13. The third-order valence-electron chi connectivity index (χ3n) is 3.91.